The van der Waals surface area contributed by atoms with Gasteiger partial charge in [0.2, 0.25) is 0 Å². The van der Waals surface area contributed by atoms with Crippen molar-refractivity contribution >= 4 is 11.6 Å². The Morgan fingerprint density at radius 3 is 2.78 bits per heavy atom. The number of carbonyl (C=O) groups excluding carboxylic acids is 1. The number of pyridine rings is 1. The van der Waals surface area contributed by atoms with Gasteiger partial charge >= 0.3 is 0 Å². The molecule has 1 aromatic rings. The van der Waals surface area contributed by atoms with Crippen molar-refractivity contribution in [3.05, 3.63) is 24.0 Å². The predicted octanol–water partition coefficient (Wildman–Crippen LogP) is 2.82. The highest BCUT2D eigenvalue weighted by Gasteiger charge is 2.14. The molecule has 100 valence electrons. The van der Waals surface area contributed by atoms with E-state index >= 15 is 0 Å². The van der Waals surface area contributed by atoms with Crippen LogP contribution < -0.4 is 10.6 Å². The summed E-state index contributed by atoms with van der Waals surface area (Å²) >= 11 is 0. The lowest BCUT2D eigenvalue weighted by Crippen LogP contribution is -2.34. The Balaban J connectivity index is 2.76. The van der Waals surface area contributed by atoms with Gasteiger partial charge in [0.1, 0.15) is 0 Å². The molecule has 4 heteroatoms. The Morgan fingerprint density at radius 2 is 2.17 bits per heavy atom. The van der Waals surface area contributed by atoms with Crippen molar-refractivity contribution in [3.63, 3.8) is 0 Å². The summed E-state index contributed by atoms with van der Waals surface area (Å²) in [6.45, 7) is 7.02. The fourth-order valence-corrected chi connectivity index (χ4v) is 1.91. The lowest BCUT2D eigenvalue weighted by atomic mass is 10.1. The smallest absolute Gasteiger partial charge is 0.255 e. The second kappa shape index (κ2) is 7.69. The molecule has 0 aliphatic carbocycles. The highest BCUT2D eigenvalue weighted by molar-refractivity contribution is 5.99. The van der Waals surface area contributed by atoms with E-state index in [0.717, 1.165) is 31.5 Å². The average Bonchev–Trinajstić information content (AvgIpc) is 2.39. The third-order valence-electron chi connectivity index (χ3n) is 2.90. The molecular weight excluding hydrogens is 226 g/mol. The van der Waals surface area contributed by atoms with Crippen LogP contribution in [0.5, 0.6) is 0 Å². The zero-order valence-corrected chi connectivity index (χ0v) is 11.5. The maximum absolute atomic E-state index is 12.2. The highest BCUT2D eigenvalue weighted by atomic mass is 16.1. The number of rotatable bonds is 7. The maximum atomic E-state index is 12.2. The van der Waals surface area contributed by atoms with Crippen LogP contribution >= 0.6 is 0 Å². The molecule has 0 bridgehead atoms. The molecule has 1 atom stereocenters. The summed E-state index contributed by atoms with van der Waals surface area (Å²) in [5, 5.41) is 6.24. The summed E-state index contributed by atoms with van der Waals surface area (Å²) in [5.74, 6) is -0.0423. The second-order valence-electron chi connectivity index (χ2n) is 4.32. The molecule has 18 heavy (non-hydrogen) atoms. The minimum absolute atomic E-state index is 0.0423. The molecule has 2 N–H and O–H groups in total. The van der Waals surface area contributed by atoms with E-state index in [1.165, 1.54) is 0 Å². The van der Waals surface area contributed by atoms with Crippen LogP contribution in [0.15, 0.2) is 18.5 Å². The maximum Gasteiger partial charge on any atom is 0.255 e. The lowest BCUT2D eigenvalue weighted by Gasteiger charge is -2.17. The largest absolute Gasteiger partial charge is 0.385 e. The van der Waals surface area contributed by atoms with Crippen LogP contribution in [0, 0.1) is 0 Å². The van der Waals surface area contributed by atoms with E-state index in [-0.39, 0.29) is 11.9 Å². The number of hydrogen-bond acceptors (Lipinski definition) is 3. The SMILES string of the molecule is CCCC(CC)NC(=O)c1cnccc1NCC. The first kappa shape index (κ1) is 14.5. The van der Waals surface area contributed by atoms with Gasteiger partial charge < -0.3 is 10.6 Å². The number of amides is 1. The Labute approximate surface area is 109 Å². The Kier molecular flexibility index (Phi) is 6.19. The molecule has 0 fully saturated rings. The summed E-state index contributed by atoms with van der Waals surface area (Å²) < 4.78 is 0. The first-order valence-corrected chi connectivity index (χ1v) is 6.71. The number of nitrogens with zero attached hydrogens (tertiary/aromatic N) is 1. The van der Waals surface area contributed by atoms with Gasteiger partial charge in [0, 0.05) is 25.0 Å². The summed E-state index contributed by atoms with van der Waals surface area (Å²) in [6.07, 6.45) is 6.35. The highest BCUT2D eigenvalue weighted by Crippen LogP contribution is 2.14. The van der Waals surface area contributed by atoms with Gasteiger partial charge in [-0.1, -0.05) is 20.3 Å². The third kappa shape index (κ3) is 4.02. The summed E-state index contributed by atoms with van der Waals surface area (Å²) in [4.78, 5) is 16.2. The first-order chi connectivity index (χ1) is 8.72. The van der Waals surface area contributed by atoms with E-state index in [1.807, 2.05) is 13.0 Å². The zero-order chi connectivity index (χ0) is 13.4. The van der Waals surface area contributed by atoms with Crippen molar-refractivity contribution in [3.8, 4) is 0 Å². The molecule has 1 rings (SSSR count). The molecule has 0 saturated heterocycles. The molecule has 0 radical (unpaired) electrons. The van der Waals surface area contributed by atoms with Crippen molar-refractivity contribution in [2.75, 3.05) is 11.9 Å². The monoisotopic (exact) mass is 249 g/mol. The molecule has 0 spiro atoms. The number of hydrogen-bond donors (Lipinski definition) is 2. The molecule has 1 heterocycles. The molecular formula is C14H23N3O. The molecule has 0 aliphatic rings. The van der Waals surface area contributed by atoms with Crippen LogP contribution in [0.2, 0.25) is 0 Å². The van der Waals surface area contributed by atoms with Crippen LogP contribution in [-0.4, -0.2) is 23.5 Å². The van der Waals surface area contributed by atoms with Gasteiger partial charge in [0.15, 0.2) is 0 Å². The minimum atomic E-state index is -0.0423. The topological polar surface area (TPSA) is 54.0 Å². The molecule has 0 saturated carbocycles. The molecule has 1 aromatic heterocycles. The van der Waals surface area contributed by atoms with Crippen LogP contribution in [-0.2, 0) is 0 Å². The van der Waals surface area contributed by atoms with Crippen LogP contribution in [0.1, 0.15) is 50.4 Å². The predicted molar refractivity (Wildman–Crippen MR) is 74.9 cm³/mol. The standard InChI is InChI=1S/C14H23N3O/c1-4-7-11(5-2)17-14(18)12-10-15-9-8-13(12)16-6-3/h8-11H,4-7H2,1-3H3,(H,15,16)(H,17,18). The van der Waals surface area contributed by atoms with E-state index in [2.05, 4.69) is 29.5 Å². The van der Waals surface area contributed by atoms with Crippen LogP contribution in [0.25, 0.3) is 0 Å². The van der Waals surface area contributed by atoms with Gasteiger partial charge in [-0.05, 0) is 25.8 Å². The average molecular weight is 249 g/mol. The fraction of sp³-hybridized carbons (Fsp3) is 0.571. The van der Waals surface area contributed by atoms with Gasteiger partial charge in [-0.15, -0.1) is 0 Å². The van der Waals surface area contributed by atoms with Crippen molar-refractivity contribution in [1.82, 2.24) is 10.3 Å². The number of anilines is 1. The molecule has 1 unspecified atom stereocenters. The van der Waals surface area contributed by atoms with Gasteiger partial charge in [-0.3, -0.25) is 9.78 Å². The van der Waals surface area contributed by atoms with E-state index in [9.17, 15) is 4.79 Å². The Morgan fingerprint density at radius 1 is 1.39 bits per heavy atom. The van der Waals surface area contributed by atoms with E-state index < -0.39 is 0 Å². The summed E-state index contributed by atoms with van der Waals surface area (Å²) in [5.41, 5.74) is 1.46. The quantitative estimate of drug-likeness (QED) is 0.781. The van der Waals surface area contributed by atoms with Crippen molar-refractivity contribution in [2.45, 2.75) is 46.1 Å². The van der Waals surface area contributed by atoms with Crippen molar-refractivity contribution in [2.24, 2.45) is 0 Å². The number of nitrogens with one attached hydrogen (secondary N) is 2. The van der Waals surface area contributed by atoms with Crippen LogP contribution in [0.3, 0.4) is 0 Å². The molecule has 4 nitrogen and oxygen atoms in total. The molecule has 1 amide bonds. The first-order valence-electron chi connectivity index (χ1n) is 6.71. The fourth-order valence-electron chi connectivity index (χ4n) is 1.91. The Hall–Kier alpha value is -1.58. The van der Waals surface area contributed by atoms with Crippen LogP contribution in [0.4, 0.5) is 5.69 Å². The van der Waals surface area contributed by atoms with E-state index in [0.29, 0.717) is 5.56 Å². The minimum Gasteiger partial charge on any atom is -0.385 e. The van der Waals surface area contributed by atoms with Gasteiger partial charge in [-0.2, -0.15) is 0 Å². The number of aromatic nitrogens is 1. The van der Waals surface area contributed by atoms with Gasteiger partial charge in [-0.25, -0.2) is 0 Å². The van der Waals surface area contributed by atoms with E-state index in [4.69, 9.17) is 0 Å². The van der Waals surface area contributed by atoms with Gasteiger partial charge in [0.05, 0.1) is 11.3 Å². The van der Waals surface area contributed by atoms with Crippen molar-refractivity contribution < 1.29 is 4.79 Å². The number of carbonyl (C=O) groups is 1. The molecule has 0 aliphatic heterocycles. The second-order valence-corrected chi connectivity index (χ2v) is 4.32. The zero-order valence-electron chi connectivity index (χ0n) is 11.5. The Bertz CT molecular complexity index is 379. The summed E-state index contributed by atoms with van der Waals surface area (Å²) in [7, 11) is 0. The third-order valence-corrected chi connectivity index (χ3v) is 2.90. The lowest BCUT2D eigenvalue weighted by molar-refractivity contribution is 0.0934. The normalized spacial score (nSPS) is 11.9. The van der Waals surface area contributed by atoms with Crippen molar-refractivity contribution in [1.29, 1.82) is 0 Å². The van der Waals surface area contributed by atoms with E-state index in [1.54, 1.807) is 12.4 Å². The summed E-state index contributed by atoms with van der Waals surface area (Å²) in [6, 6.07) is 2.08. The molecule has 0 aromatic carbocycles. The van der Waals surface area contributed by atoms with Gasteiger partial charge in [0.25, 0.3) is 5.91 Å².